The second-order valence-corrected chi connectivity index (χ2v) is 8.43. The minimum Gasteiger partial charge on any atom is -0.326 e. The topological polar surface area (TPSA) is 63.4 Å². The van der Waals surface area contributed by atoms with Crippen molar-refractivity contribution in [1.29, 1.82) is 0 Å². The van der Waals surface area contributed by atoms with Crippen LogP contribution in [0.15, 0.2) is 21.5 Å². The quantitative estimate of drug-likeness (QED) is 0.861. The number of aryl methyl sites for hydroxylation is 1. The fraction of sp³-hybridized carbons (Fsp3) is 0.600. The van der Waals surface area contributed by atoms with E-state index >= 15 is 0 Å². The normalized spacial score (nSPS) is 20.1. The molecule has 6 heteroatoms. The molecule has 0 radical (unpaired) electrons. The summed E-state index contributed by atoms with van der Waals surface area (Å²) < 4.78 is 28.0. The van der Waals surface area contributed by atoms with E-state index in [2.05, 4.69) is 22.9 Å². The highest BCUT2D eigenvalue weighted by Gasteiger charge is 2.33. The Balaban J connectivity index is 2.34. The Morgan fingerprint density at radius 1 is 1.43 bits per heavy atom. The van der Waals surface area contributed by atoms with E-state index in [-0.39, 0.29) is 0 Å². The molecule has 4 nitrogen and oxygen atoms in total. The summed E-state index contributed by atoms with van der Waals surface area (Å²) in [7, 11) is -3.44. The lowest BCUT2D eigenvalue weighted by Gasteiger charge is -2.19. The van der Waals surface area contributed by atoms with Gasteiger partial charge in [0.15, 0.2) is 0 Å². The molecule has 1 atom stereocenters. The molecule has 1 aromatic carbocycles. The third-order valence-corrected chi connectivity index (χ3v) is 7.28. The highest BCUT2D eigenvalue weighted by atomic mass is 79.9. The number of sulfonamides is 1. The number of hydrogen-bond donors (Lipinski definition) is 1. The van der Waals surface area contributed by atoms with Crippen LogP contribution in [0, 0.1) is 12.8 Å². The zero-order chi connectivity index (χ0) is 15.6. The molecule has 0 aromatic heterocycles. The van der Waals surface area contributed by atoms with Crippen LogP contribution in [0.3, 0.4) is 0 Å². The average molecular weight is 375 g/mol. The summed E-state index contributed by atoms with van der Waals surface area (Å²) in [4.78, 5) is 0.347. The SMILES string of the molecule is CCCC1CCN(S(=O)(=O)c2cc(CN)cc(C)c2Br)C1. The highest BCUT2D eigenvalue weighted by Crippen LogP contribution is 2.33. The van der Waals surface area contributed by atoms with Crippen LogP contribution in [0.25, 0.3) is 0 Å². The maximum Gasteiger partial charge on any atom is 0.244 e. The first kappa shape index (κ1) is 16.9. The summed E-state index contributed by atoms with van der Waals surface area (Å²) in [5.74, 6) is 0.488. The van der Waals surface area contributed by atoms with E-state index in [1.807, 2.05) is 13.0 Å². The Morgan fingerprint density at radius 2 is 2.14 bits per heavy atom. The summed E-state index contributed by atoms with van der Waals surface area (Å²) in [6.07, 6.45) is 3.15. The van der Waals surface area contributed by atoms with Crippen molar-refractivity contribution in [3.63, 3.8) is 0 Å². The van der Waals surface area contributed by atoms with Gasteiger partial charge in [-0.3, -0.25) is 0 Å². The molecule has 1 heterocycles. The molecule has 1 aromatic rings. The van der Waals surface area contributed by atoms with E-state index in [1.165, 1.54) is 0 Å². The Labute approximate surface area is 135 Å². The zero-order valence-corrected chi connectivity index (χ0v) is 15.0. The second-order valence-electron chi connectivity index (χ2n) is 5.74. The average Bonchev–Trinajstić information content (AvgIpc) is 2.91. The fourth-order valence-electron chi connectivity index (χ4n) is 2.91. The monoisotopic (exact) mass is 374 g/mol. The van der Waals surface area contributed by atoms with Gasteiger partial charge in [0.1, 0.15) is 0 Å². The van der Waals surface area contributed by atoms with Gasteiger partial charge in [-0.05, 0) is 58.8 Å². The Morgan fingerprint density at radius 3 is 2.76 bits per heavy atom. The molecule has 0 amide bonds. The lowest BCUT2D eigenvalue weighted by atomic mass is 10.0. The van der Waals surface area contributed by atoms with Crippen LogP contribution >= 0.6 is 15.9 Å². The van der Waals surface area contributed by atoms with Gasteiger partial charge in [0, 0.05) is 24.1 Å². The molecule has 0 spiro atoms. The zero-order valence-electron chi connectivity index (χ0n) is 12.6. The van der Waals surface area contributed by atoms with E-state index in [0.29, 0.717) is 34.9 Å². The van der Waals surface area contributed by atoms with Crippen LogP contribution < -0.4 is 5.73 Å². The second kappa shape index (κ2) is 6.77. The van der Waals surface area contributed by atoms with Crippen molar-refractivity contribution in [3.05, 3.63) is 27.7 Å². The molecular weight excluding hydrogens is 352 g/mol. The first-order valence-corrected chi connectivity index (χ1v) is 9.62. The lowest BCUT2D eigenvalue weighted by molar-refractivity contribution is 0.444. The predicted octanol–water partition coefficient (Wildman–Crippen LogP) is 3.03. The molecule has 0 saturated carbocycles. The molecule has 2 rings (SSSR count). The van der Waals surface area contributed by atoms with Crippen LogP contribution in [0.1, 0.15) is 37.3 Å². The lowest BCUT2D eigenvalue weighted by Crippen LogP contribution is -2.29. The molecule has 0 aliphatic carbocycles. The number of benzene rings is 1. The number of nitrogens with two attached hydrogens (primary N) is 1. The van der Waals surface area contributed by atoms with Crippen molar-refractivity contribution in [2.75, 3.05) is 13.1 Å². The van der Waals surface area contributed by atoms with Crippen molar-refractivity contribution in [3.8, 4) is 0 Å². The Kier molecular flexibility index (Phi) is 5.46. The third kappa shape index (κ3) is 3.50. The van der Waals surface area contributed by atoms with Crippen LogP contribution in [-0.4, -0.2) is 25.8 Å². The van der Waals surface area contributed by atoms with Crippen molar-refractivity contribution in [2.24, 2.45) is 11.7 Å². The highest BCUT2D eigenvalue weighted by molar-refractivity contribution is 9.10. The molecule has 1 saturated heterocycles. The van der Waals surface area contributed by atoms with Crippen LogP contribution in [0.4, 0.5) is 0 Å². The maximum atomic E-state index is 12.9. The summed E-state index contributed by atoms with van der Waals surface area (Å²) in [5, 5.41) is 0. The summed E-state index contributed by atoms with van der Waals surface area (Å²) in [6.45, 7) is 5.63. The first-order chi connectivity index (χ1) is 9.90. The van der Waals surface area contributed by atoms with Crippen LogP contribution in [0.2, 0.25) is 0 Å². The largest absolute Gasteiger partial charge is 0.326 e. The van der Waals surface area contributed by atoms with Gasteiger partial charge in [-0.25, -0.2) is 8.42 Å². The van der Waals surface area contributed by atoms with Gasteiger partial charge in [-0.2, -0.15) is 4.31 Å². The molecular formula is C15H23BrN2O2S. The van der Waals surface area contributed by atoms with Gasteiger partial charge >= 0.3 is 0 Å². The predicted molar refractivity (Wildman–Crippen MR) is 88.5 cm³/mol. The van der Waals surface area contributed by atoms with E-state index in [0.717, 1.165) is 30.4 Å². The number of rotatable bonds is 5. The third-order valence-electron chi connectivity index (χ3n) is 4.08. The van der Waals surface area contributed by atoms with Crippen molar-refractivity contribution in [1.82, 2.24) is 4.31 Å². The molecule has 1 fully saturated rings. The molecule has 118 valence electrons. The maximum absolute atomic E-state index is 12.9. The van der Waals surface area contributed by atoms with E-state index in [1.54, 1.807) is 10.4 Å². The number of hydrogen-bond acceptors (Lipinski definition) is 3. The minimum atomic E-state index is -3.44. The van der Waals surface area contributed by atoms with Gasteiger partial charge in [-0.1, -0.05) is 19.4 Å². The van der Waals surface area contributed by atoms with Gasteiger partial charge in [0.25, 0.3) is 0 Å². The van der Waals surface area contributed by atoms with Crippen molar-refractivity contribution in [2.45, 2.75) is 44.6 Å². The van der Waals surface area contributed by atoms with Gasteiger partial charge in [0.05, 0.1) is 4.90 Å². The number of nitrogens with zero attached hydrogens (tertiary/aromatic N) is 1. The van der Waals surface area contributed by atoms with Gasteiger partial charge in [0.2, 0.25) is 10.0 Å². The summed E-state index contributed by atoms with van der Waals surface area (Å²) >= 11 is 3.43. The molecule has 2 N–H and O–H groups in total. The molecule has 1 aliphatic heterocycles. The Hall–Kier alpha value is -0.430. The molecule has 21 heavy (non-hydrogen) atoms. The summed E-state index contributed by atoms with van der Waals surface area (Å²) in [5.41, 5.74) is 7.42. The Bertz CT molecular complexity index is 616. The van der Waals surface area contributed by atoms with Crippen molar-refractivity contribution >= 4 is 26.0 Å². The first-order valence-electron chi connectivity index (χ1n) is 7.39. The molecule has 1 aliphatic rings. The minimum absolute atomic E-state index is 0.342. The molecule has 0 bridgehead atoms. The fourth-order valence-corrected chi connectivity index (χ4v) is 5.47. The van der Waals surface area contributed by atoms with Gasteiger partial charge < -0.3 is 5.73 Å². The van der Waals surface area contributed by atoms with Crippen molar-refractivity contribution < 1.29 is 8.42 Å². The van der Waals surface area contributed by atoms with E-state index in [4.69, 9.17) is 5.73 Å². The van der Waals surface area contributed by atoms with Gasteiger partial charge in [-0.15, -0.1) is 0 Å². The van der Waals surface area contributed by atoms with Crippen LogP contribution in [0.5, 0.6) is 0 Å². The van der Waals surface area contributed by atoms with Crippen LogP contribution in [-0.2, 0) is 16.6 Å². The summed E-state index contributed by atoms with van der Waals surface area (Å²) in [6, 6.07) is 3.62. The van der Waals surface area contributed by atoms with E-state index in [9.17, 15) is 8.42 Å². The number of halogens is 1. The standard InChI is InChI=1S/C15H23BrN2O2S/c1-3-4-12-5-6-18(10-12)21(19,20)14-8-13(9-17)7-11(2)15(14)16/h7-8,12H,3-6,9-10,17H2,1-2H3. The molecule has 1 unspecified atom stereocenters. The smallest absolute Gasteiger partial charge is 0.244 e. The van der Waals surface area contributed by atoms with E-state index < -0.39 is 10.0 Å².